The molecule has 1 aromatic heterocycles. The Hall–Kier alpha value is -3.21. The Bertz CT molecular complexity index is 1080. The average molecular weight is 382 g/mol. The molecule has 1 fully saturated rings. The number of hydrogen-bond donors (Lipinski definition) is 0. The van der Waals surface area contributed by atoms with Gasteiger partial charge in [-0.3, -0.25) is 13.9 Å². The maximum Gasteiger partial charge on any atom is 0.332 e. The lowest BCUT2D eigenvalue weighted by Crippen LogP contribution is -2.42. The third kappa shape index (κ3) is 2.83. The number of hydrogen-bond acceptors (Lipinski definition) is 6. The first-order valence-corrected chi connectivity index (χ1v) is 9.39. The second-order valence-electron chi connectivity index (χ2n) is 7.12. The fraction of sp³-hybridized carbons (Fsp3) is 0.450. The molecular weight excluding hydrogens is 360 g/mol. The van der Waals surface area contributed by atoms with Gasteiger partial charge in [0.25, 0.3) is 5.56 Å². The van der Waals surface area contributed by atoms with Gasteiger partial charge in [-0.05, 0) is 30.5 Å². The highest BCUT2D eigenvalue weighted by Crippen LogP contribution is 2.40. The second-order valence-corrected chi connectivity index (χ2v) is 7.12. The number of nitrogens with zero attached hydrogens (tertiary/aromatic N) is 4. The molecule has 1 atom stereocenters. The van der Waals surface area contributed by atoms with Crippen molar-refractivity contribution in [1.29, 1.82) is 5.26 Å². The first-order valence-electron chi connectivity index (χ1n) is 9.39. The summed E-state index contributed by atoms with van der Waals surface area (Å²) in [7, 11) is 2.99. The maximum absolute atomic E-state index is 12.5. The van der Waals surface area contributed by atoms with E-state index in [-0.39, 0.29) is 11.6 Å². The molecule has 2 aromatic rings. The fourth-order valence-corrected chi connectivity index (χ4v) is 4.02. The van der Waals surface area contributed by atoms with Crippen molar-refractivity contribution in [3.05, 3.63) is 50.2 Å². The molecule has 0 amide bonds. The van der Waals surface area contributed by atoms with E-state index in [4.69, 9.17) is 9.47 Å². The zero-order valence-corrected chi connectivity index (χ0v) is 16.0. The number of aromatic nitrogens is 2. The lowest BCUT2D eigenvalue weighted by atomic mass is 10.0. The summed E-state index contributed by atoms with van der Waals surface area (Å²) in [4.78, 5) is 26.9. The molecule has 0 unspecified atom stereocenters. The van der Waals surface area contributed by atoms with Crippen LogP contribution in [-0.4, -0.2) is 28.9 Å². The van der Waals surface area contributed by atoms with Crippen LogP contribution in [0.1, 0.15) is 36.4 Å². The van der Waals surface area contributed by atoms with Crippen LogP contribution < -0.4 is 25.6 Å². The number of rotatable bonds is 2. The average Bonchev–Trinajstić information content (AvgIpc) is 3.06. The van der Waals surface area contributed by atoms with Crippen molar-refractivity contribution in [1.82, 2.24) is 9.13 Å². The molecule has 0 radical (unpaired) electrons. The van der Waals surface area contributed by atoms with Crippen LogP contribution >= 0.6 is 0 Å². The van der Waals surface area contributed by atoms with Crippen molar-refractivity contribution in [2.75, 3.05) is 24.7 Å². The van der Waals surface area contributed by atoms with Crippen molar-refractivity contribution >= 4 is 5.82 Å². The van der Waals surface area contributed by atoms with Gasteiger partial charge in [0.2, 0.25) is 0 Å². The van der Waals surface area contributed by atoms with Gasteiger partial charge in [-0.1, -0.05) is 6.07 Å². The van der Waals surface area contributed by atoms with Crippen LogP contribution in [0.25, 0.3) is 0 Å². The first-order chi connectivity index (χ1) is 13.5. The van der Waals surface area contributed by atoms with Gasteiger partial charge in [0.15, 0.2) is 17.1 Å². The minimum absolute atomic E-state index is 0.00848. The largest absolute Gasteiger partial charge is 0.490 e. The quantitative estimate of drug-likeness (QED) is 0.781. The summed E-state index contributed by atoms with van der Waals surface area (Å²) >= 11 is 0. The van der Waals surface area contributed by atoms with Crippen LogP contribution in [0.5, 0.6) is 11.5 Å². The molecule has 1 saturated heterocycles. The summed E-state index contributed by atoms with van der Waals surface area (Å²) in [5.41, 5.74) is -0.00201. The van der Waals surface area contributed by atoms with Crippen LogP contribution in [0.4, 0.5) is 5.82 Å². The molecule has 1 aromatic carbocycles. The number of fused-ring (bicyclic) bond motifs is 1. The lowest BCUT2D eigenvalue weighted by molar-refractivity contribution is 0.297. The predicted molar refractivity (Wildman–Crippen MR) is 103 cm³/mol. The zero-order valence-electron chi connectivity index (χ0n) is 16.0. The molecule has 2 aliphatic rings. The number of benzene rings is 1. The number of anilines is 1. The number of nitriles is 1. The van der Waals surface area contributed by atoms with Gasteiger partial charge in [-0.2, -0.15) is 5.26 Å². The third-order valence-electron chi connectivity index (χ3n) is 5.43. The van der Waals surface area contributed by atoms with Gasteiger partial charge in [-0.25, -0.2) is 4.79 Å². The Balaban J connectivity index is 1.81. The van der Waals surface area contributed by atoms with Gasteiger partial charge < -0.3 is 14.4 Å². The monoisotopic (exact) mass is 382 g/mol. The van der Waals surface area contributed by atoms with Gasteiger partial charge in [0, 0.05) is 27.1 Å². The Labute approximate surface area is 162 Å². The summed E-state index contributed by atoms with van der Waals surface area (Å²) in [6.07, 6.45) is 2.59. The van der Waals surface area contributed by atoms with Crippen LogP contribution in [-0.2, 0) is 14.1 Å². The summed E-state index contributed by atoms with van der Waals surface area (Å²) in [5.74, 6) is 1.81. The standard InChI is InChI=1S/C20H22N4O4/c1-22-18(14(12-21)19(25)23(2)20(22)26)24-8-3-5-15(24)13-6-7-16-17(11-13)28-10-4-9-27-16/h6-7,11,15H,3-5,8-10H2,1-2H3/t15-/m1/s1. The smallest absolute Gasteiger partial charge is 0.332 e. The van der Waals surface area contributed by atoms with E-state index in [9.17, 15) is 14.9 Å². The molecule has 4 rings (SSSR count). The maximum atomic E-state index is 12.5. The van der Waals surface area contributed by atoms with Crippen LogP contribution in [0, 0.1) is 11.3 Å². The molecule has 0 spiro atoms. The van der Waals surface area contributed by atoms with Gasteiger partial charge in [0.1, 0.15) is 11.9 Å². The van der Waals surface area contributed by atoms with E-state index in [0.29, 0.717) is 31.3 Å². The molecule has 8 nitrogen and oxygen atoms in total. The van der Waals surface area contributed by atoms with E-state index < -0.39 is 11.2 Å². The highest BCUT2D eigenvalue weighted by molar-refractivity contribution is 5.57. The van der Waals surface area contributed by atoms with Crippen LogP contribution in [0.15, 0.2) is 27.8 Å². The highest BCUT2D eigenvalue weighted by Gasteiger charge is 2.32. The minimum atomic E-state index is -0.565. The van der Waals surface area contributed by atoms with Crippen molar-refractivity contribution in [3.63, 3.8) is 0 Å². The summed E-state index contributed by atoms with van der Waals surface area (Å²) in [6, 6.07) is 7.81. The Morgan fingerprint density at radius 1 is 1.07 bits per heavy atom. The van der Waals surface area contributed by atoms with Crippen molar-refractivity contribution in [2.45, 2.75) is 25.3 Å². The lowest BCUT2D eigenvalue weighted by Gasteiger charge is -2.29. The predicted octanol–water partition coefficient (Wildman–Crippen LogP) is 1.46. The summed E-state index contributed by atoms with van der Waals surface area (Å²) in [5, 5.41) is 9.60. The summed E-state index contributed by atoms with van der Waals surface area (Å²) < 4.78 is 13.9. The van der Waals surface area contributed by atoms with Gasteiger partial charge in [-0.15, -0.1) is 0 Å². The van der Waals surface area contributed by atoms with Crippen molar-refractivity contribution in [2.24, 2.45) is 14.1 Å². The summed E-state index contributed by atoms with van der Waals surface area (Å²) in [6.45, 7) is 1.89. The van der Waals surface area contributed by atoms with Gasteiger partial charge >= 0.3 is 5.69 Å². The molecule has 0 aliphatic carbocycles. The fourth-order valence-electron chi connectivity index (χ4n) is 4.02. The van der Waals surface area contributed by atoms with Crippen LogP contribution in [0.2, 0.25) is 0 Å². The molecule has 3 heterocycles. The highest BCUT2D eigenvalue weighted by atomic mass is 16.5. The molecule has 0 saturated carbocycles. The molecular formula is C20H22N4O4. The van der Waals surface area contributed by atoms with Crippen molar-refractivity contribution in [3.8, 4) is 17.6 Å². The van der Waals surface area contributed by atoms with E-state index in [0.717, 1.165) is 35.1 Å². The minimum Gasteiger partial charge on any atom is -0.490 e. The van der Waals surface area contributed by atoms with E-state index in [1.54, 1.807) is 7.05 Å². The molecule has 0 N–H and O–H groups in total. The van der Waals surface area contributed by atoms with E-state index in [1.807, 2.05) is 29.2 Å². The third-order valence-corrected chi connectivity index (χ3v) is 5.43. The van der Waals surface area contributed by atoms with E-state index in [2.05, 4.69) is 0 Å². The molecule has 2 aliphatic heterocycles. The zero-order chi connectivity index (χ0) is 19.8. The second kappa shape index (κ2) is 7.08. The van der Waals surface area contributed by atoms with Gasteiger partial charge in [0.05, 0.1) is 19.3 Å². The molecule has 146 valence electrons. The SMILES string of the molecule is Cn1c(N2CCC[C@@H]2c2ccc3c(c2)OCCCO3)c(C#N)c(=O)n(C)c1=O. The topological polar surface area (TPSA) is 89.5 Å². The van der Waals surface area contributed by atoms with Crippen molar-refractivity contribution < 1.29 is 9.47 Å². The molecule has 0 bridgehead atoms. The normalized spacial score (nSPS) is 18.6. The first kappa shape index (κ1) is 18.2. The molecule has 28 heavy (non-hydrogen) atoms. The Kier molecular flexibility index (Phi) is 4.59. The Morgan fingerprint density at radius 2 is 1.82 bits per heavy atom. The Morgan fingerprint density at radius 3 is 2.57 bits per heavy atom. The van der Waals surface area contributed by atoms with Crippen LogP contribution in [0.3, 0.4) is 0 Å². The molecule has 8 heteroatoms. The van der Waals surface area contributed by atoms with E-state index >= 15 is 0 Å². The number of ether oxygens (including phenoxy) is 2. The van der Waals surface area contributed by atoms with E-state index in [1.165, 1.54) is 11.6 Å².